The molecular weight excluding hydrogens is 466 g/mol. The summed E-state index contributed by atoms with van der Waals surface area (Å²) in [7, 11) is -3.84. The van der Waals surface area contributed by atoms with Crippen molar-refractivity contribution < 1.29 is 13.2 Å². The Bertz CT molecular complexity index is 1070. The van der Waals surface area contributed by atoms with Crippen molar-refractivity contribution in [2.24, 2.45) is 0 Å². The topological polar surface area (TPSA) is 69.7 Å². The summed E-state index contributed by atoms with van der Waals surface area (Å²) in [5.41, 5.74) is 4.11. The van der Waals surface area contributed by atoms with Crippen LogP contribution in [0.3, 0.4) is 0 Å². The highest BCUT2D eigenvalue weighted by atomic mass is 79.9. The second kappa shape index (κ2) is 8.98. The predicted molar refractivity (Wildman–Crippen MR) is 126 cm³/mol. The highest BCUT2D eigenvalue weighted by Gasteiger charge is 2.28. The van der Waals surface area contributed by atoms with E-state index < -0.39 is 10.0 Å². The van der Waals surface area contributed by atoms with E-state index in [1.165, 1.54) is 0 Å². The summed E-state index contributed by atoms with van der Waals surface area (Å²) >= 11 is 3.41. The van der Waals surface area contributed by atoms with E-state index >= 15 is 0 Å². The van der Waals surface area contributed by atoms with Crippen LogP contribution < -0.4 is 14.5 Å². The lowest BCUT2D eigenvalue weighted by Crippen LogP contribution is -2.28. The number of rotatable bonds is 7. The van der Waals surface area contributed by atoms with Crippen LogP contribution in [0.5, 0.6) is 0 Å². The first-order valence-corrected chi connectivity index (χ1v) is 12.5. The number of halogens is 1. The second-order valence-corrected chi connectivity index (χ2v) is 9.84. The number of carbonyl (C=O) groups is 1. The molecule has 8 heteroatoms. The fourth-order valence-electron chi connectivity index (χ4n) is 3.79. The van der Waals surface area contributed by atoms with Gasteiger partial charge in [0.25, 0.3) is 10.0 Å². The molecule has 0 saturated carbocycles. The lowest BCUT2D eigenvalue weighted by Gasteiger charge is -2.22. The summed E-state index contributed by atoms with van der Waals surface area (Å²) in [4.78, 5) is 16.3. The van der Waals surface area contributed by atoms with Crippen molar-refractivity contribution in [1.82, 2.24) is 0 Å². The van der Waals surface area contributed by atoms with E-state index in [-0.39, 0.29) is 10.8 Å². The van der Waals surface area contributed by atoms with Crippen LogP contribution in [0.15, 0.2) is 39.7 Å². The fourth-order valence-corrected chi connectivity index (χ4v) is 6.03. The molecule has 0 fully saturated rings. The Morgan fingerprint density at radius 1 is 1.17 bits per heavy atom. The monoisotopic (exact) mass is 493 g/mol. The first-order valence-electron chi connectivity index (χ1n) is 10.2. The van der Waals surface area contributed by atoms with Crippen molar-refractivity contribution in [1.29, 1.82) is 0 Å². The number of sulfonamides is 1. The number of aryl methyl sites for hydroxylation is 1. The SMILES string of the molecule is CCC(=O)N1CCc2cc(Br)c(S(=O)(=O)Nc3ccc(N(CC)CC)cc3C)cc21. The van der Waals surface area contributed by atoms with Crippen molar-refractivity contribution >= 4 is 48.9 Å². The number of hydrogen-bond acceptors (Lipinski definition) is 4. The van der Waals surface area contributed by atoms with Crippen molar-refractivity contribution in [3.8, 4) is 0 Å². The van der Waals surface area contributed by atoms with Crippen molar-refractivity contribution in [2.45, 2.75) is 45.4 Å². The van der Waals surface area contributed by atoms with Crippen LogP contribution in [0.1, 0.15) is 38.3 Å². The lowest BCUT2D eigenvalue weighted by atomic mass is 10.1. The average Bonchev–Trinajstić information content (AvgIpc) is 3.12. The molecule has 0 unspecified atom stereocenters. The van der Waals surface area contributed by atoms with Gasteiger partial charge in [-0.2, -0.15) is 0 Å². The van der Waals surface area contributed by atoms with Crippen LogP contribution in [0.25, 0.3) is 0 Å². The molecular formula is C22H28BrN3O3S. The van der Waals surface area contributed by atoms with Gasteiger partial charge in [-0.05, 0) is 84.6 Å². The van der Waals surface area contributed by atoms with E-state index in [0.717, 1.165) is 36.3 Å². The number of benzene rings is 2. The highest BCUT2D eigenvalue weighted by Crippen LogP contribution is 2.36. The molecule has 1 amide bonds. The minimum Gasteiger partial charge on any atom is -0.372 e. The van der Waals surface area contributed by atoms with Gasteiger partial charge >= 0.3 is 0 Å². The second-order valence-electron chi connectivity index (χ2n) is 7.34. The van der Waals surface area contributed by atoms with Crippen LogP contribution in [0.4, 0.5) is 17.1 Å². The summed E-state index contributed by atoms with van der Waals surface area (Å²) < 4.78 is 29.6. The molecule has 1 heterocycles. The van der Waals surface area contributed by atoms with Crippen LogP contribution in [-0.4, -0.2) is 34.0 Å². The van der Waals surface area contributed by atoms with E-state index in [1.807, 2.05) is 32.0 Å². The normalized spacial score (nSPS) is 13.3. The number of amides is 1. The van der Waals surface area contributed by atoms with Crippen LogP contribution in [-0.2, 0) is 21.2 Å². The van der Waals surface area contributed by atoms with E-state index in [2.05, 4.69) is 39.4 Å². The molecule has 3 rings (SSSR count). The molecule has 0 atom stereocenters. The third-order valence-electron chi connectivity index (χ3n) is 5.50. The van der Waals surface area contributed by atoms with Crippen molar-refractivity contribution in [3.05, 3.63) is 45.9 Å². The van der Waals surface area contributed by atoms with Gasteiger partial charge in [0.05, 0.1) is 5.69 Å². The predicted octanol–water partition coefficient (Wildman–Crippen LogP) is 4.70. The van der Waals surface area contributed by atoms with Gasteiger partial charge in [-0.3, -0.25) is 9.52 Å². The summed E-state index contributed by atoms with van der Waals surface area (Å²) in [5.74, 6) is -0.00443. The van der Waals surface area contributed by atoms with Crippen molar-refractivity contribution in [3.63, 3.8) is 0 Å². The van der Waals surface area contributed by atoms with Gasteiger partial charge in [0, 0.05) is 41.9 Å². The Labute approximate surface area is 187 Å². The number of anilines is 3. The smallest absolute Gasteiger partial charge is 0.263 e. The molecule has 30 heavy (non-hydrogen) atoms. The zero-order valence-corrected chi connectivity index (χ0v) is 20.2. The maximum Gasteiger partial charge on any atom is 0.263 e. The first kappa shape index (κ1) is 22.6. The molecule has 0 bridgehead atoms. The maximum absolute atomic E-state index is 13.2. The van der Waals surface area contributed by atoms with Crippen LogP contribution >= 0.6 is 15.9 Å². The van der Waals surface area contributed by atoms with Gasteiger partial charge in [-0.1, -0.05) is 6.92 Å². The Morgan fingerprint density at radius 3 is 2.47 bits per heavy atom. The molecule has 162 valence electrons. The largest absolute Gasteiger partial charge is 0.372 e. The zero-order chi connectivity index (χ0) is 22.1. The van der Waals surface area contributed by atoms with Gasteiger partial charge in [-0.25, -0.2) is 8.42 Å². The molecule has 2 aromatic rings. The van der Waals surface area contributed by atoms with Gasteiger partial charge in [-0.15, -0.1) is 0 Å². The van der Waals surface area contributed by atoms with E-state index in [4.69, 9.17) is 0 Å². The molecule has 2 aromatic carbocycles. The summed E-state index contributed by atoms with van der Waals surface area (Å²) in [5, 5.41) is 0. The third-order valence-corrected chi connectivity index (χ3v) is 7.83. The lowest BCUT2D eigenvalue weighted by molar-refractivity contribution is -0.118. The number of nitrogens with one attached hydrogen (secondary N) is 1. The fraction of sp³-hybridized carbons (Fsp3) is 0.409. The average molecular weight is 494 g/mol. The molecule has 0 aliphatic carbocycles. The quantitative estimate of drug-likeness (QED) is 0.606. The Hall–Kier alpha value is -2.06. The zero-order valence-electron chi connectivity index (χ0n) is 17.8. The van der Waals surface area contributed by atoms with E-state index in [1.54, 1.807) is 17.0 Å². The third kappa shape index (κ3) is 4.34. The van der Waals surface area contributed by atoms with Gasteiger partial charge in [0.2, 0.25) is 5.91 Å². The Kier molecular flexibility index (Phi) is 6.77. The summed E-state index contributed by atoms with van der Waals surface area (Å²) in [6, 6.07) is 9.13. The minimum atomic E-state index is -3.84. The number of hydrogen-bond donors (Lipinski definition) is 1. The number of fused-ring (bicyclic) bond motifs is 1. The molecule has 1 aliphatic heterocycles. The van der Waals surface area contributed by atoms with Crippen molar-refractivity contribution in [2.75, 3.05) is 34.2 Å². The molecule has 0 aromatic heterocycles. The Morgan fingerprint density at radius 2 is 1.87 bits per heavy atom. The van der Waals surface area contributed by atoms with Crippen LogP contribution in [0.2, 0.25) is 0 Å². The van der Waals surface area contributed by atoms with Crippen LogP contribution in [0, 0.1) is 6.92 Å². The summed E-state index contributed by atoms with van der Waals surface area (Å²) in [6.07, 6.45) is 1.10. The summed E-state index contributed by atoms with van der Waals surface area (Å²) in [6.45, 7) is 10.2. The molecule has 0 radical (unpaired) electrons. The maximum atomic E-state index is 13.2. The number of carbonyl (C=O) groups excluding carboxylic acids is 1. The standard InChI is InChI=1S/C22H28BrN3O3S/c1-5-22(27)26-11-10-16-13-18(23)21(14-20(16)26)30(28,29)24-19-9-8-17(12-15(19)4)25(6-2)7-3/h8-9,12-14,24H,5-7,10-11H2,1-4H3. The minimum absolute atomic E-state index is 0.00443. The number of nitrogens with zero attached hydrogens (tertiary/aromatic N) is 2. The highest BCUT2D eigenvalue weighted by molar-refractivity contribution is 9.10. The van der Waals surface area contributed by atoms with E-state index in [0.29, 0.717) is 28.8 Å². The molecule has 0 spiro atoms. The molecule has 6 nitrogen and oxygen atoms in total. The molecule has 1 N–H and O–H groups in total. The molecule has 1 aliphatic rings. The van der Waals surface area contributed by atoms with E-state index in [9.17, 15) is 13.2 Å². The first-order chi connectivity index (χ1) is 14.2. The molecule has 0 saturated heterocycles. The van der Waals surface area contributed by atoms with Gasteiger partial charge < -0.3 is 9.80 Å². The van der Waals surface area contributed by atoms with Gasteiger partial charge in [0.15, 0.2) is 0 Å². The van der Waals surface area contributed by atoms with Gasteiger partial charge in [0.1, 0.15) is 4.90 Å². The Balaban J connectivity index is 1.94.